The van der Waals surface area contributed by atoms with Gasteiger partial charge >= 0.3 is 0 Å². The Bertz CT molecular complexity index is 1400. The van der Waals surface area contributed by atoms with Gasteiger partial charge in [0.15, 0.2) is 0 Å². The van der Waals surface area contributed by atoms with Crippen LogP contribution in [0.2, 0.25) is 0 Å². The summed E-state index contributed by atoms with van der Waals surface area (Å²) in [7, 11) is 1.26. The number of phosphoric ester groups is 1. The van der Waals surface area contributed by atoms with Gasteiger partial charge in [0.2, 0.25) is 5.91 Å². The highest BCUT2D eigenvalue weighted by Gasteiger charge is 2.23. The van der Waals surface area contributed by atoms with Gasteiger partial charge in [-0.2, -0.15) is 0 Å². The molecule has 0 bridgehead atoms. The third-order valence-corrected chi connectivity index (χ3v) is 17.3. The molecule has 0 saturated heterocycles. The van der Waals surface area contributed by atoms with Crippen LogP contribution in [0.3, 0.4) is 0 Å². The fourth-order valence-electron chi connectivity index (χ4n) is 10.8. The minimum Gasteiger partial charge on any atom is -0.756 e. The number of aliphatic hydroxyl groups excluding tert-OH is 1. The van der Waals surface area contributed by atoms with Gasteiger partial charge in [-0.15, -0.1) is 0 Å². The summed E-state index contributed by atoms with van der Waals surface area (Å²) in [6.45, 7) is 4.67. The lowest BCUT2D eigenvalue weighted by atomic mass is 10.0. The largest absolute Gasteiger partial charge is 0.756 e. The van der Waals surface area contributed by atoms with Crippen molar-refractivity contribution in [3.8, 4) is 0 Å². The van der Waals surface area contributed by atoms with E-state index >= 15 is 0 Å². The van der Waals surface area contributed by atoms with E-state index < -0.39 is 20.0 Å². The Morgan fingerprint density at radius 3 is 1.01 bits per heavy atom. The molecule has 3 unspecified atom stereocenters. The van der Waals surface area contributed by atoms with Crippen molar-refractivity contribution in [1.29, 1.82) is 0 Å². The highest BCUT2D eigenvalue weighted by molar-refractivity contribution is 7.45. The van der Waals surface area contributed by atoms with Crippen LogP contribution in [0.5, 0.6) is 0 Å². The van der Waals surface area contributed by atoms with E-state index in [0.717, 1.165) is 38.5 Å². The Labute approximate surface area is 499 Å². The summed E-state index contributed by atoms with van der Waals surface area (Å²) in [5, 5.41) is 13.9. The molecule has 3 atom stereocenters. The molecule has 1 amide bonds. The zero-order valence-electron chi connectivity index (χ0n) is 54.3. The van der Waals surface area contributed by atoms with Crippen LogP contribution < -0.4 is 10.2 Å². The summed E-state index contributed by atoms with van der Waals surface area (Å²) in [6.07, 6.45) is 83.0. The van der Waals surface area contributed by atoms with Gasteiger partial charge in [-0.25, -0.2) is 0 Å². The number of nitrogens with one attached hydrogen (secondary N) is 1. The number of rotatable bonds is 66. The number of allylic oxidation sites excluding steroid dienone is 5. The van der Waals surface area contributed by atoms with Crippen molar-refractivity contribution in [3.05, 3.63) is 36.5 Å². The van der Waals surface area contributed by atoms with Crippen molar-refractivity contribution in [2.75, 3.05) is 40.9 Å². The number of likely N-dealkylation sites (N-methyl/N-ethyl adjacent to an activating group) is 1. The summed E-state index contributed by atoms with van der Waals surface area (Å²) in [5.41, 5.74) is 0. The molecule has 0 spiro atoms. The van der Waals surface area contributed by atoms with E-state index in [9.17, 15) is 19.4 Å². The van der Waals surface area contributed by atoms with Crippen molar-refractivity contribution in [2.24, 2.45) is 0 Å². The van der Waals surface area contributed by atoms with Crippen molar-refractivity contribution >= 4 is 13.7 Å². The molecule has 0 aromatic heterocycles. The van der Waals surface area contributed by atoms with Gasteiger partial charge in [0.1, 0.15) is 13.2 Å². The van der Waals surface area contributed by atoms with E-state index in [1.165, 1.54) is 302 Å². The molecular weight excluding hydrogens is 1010 g/mol. The SMILES string of the molecule is CCCCCCCCCC/C=C\CCCCCCCCCCCCCCCCCCCCCCCCCCCCCCCC(=O)NC(COP(=O)([O-])OCC[N+](C)(C)C)C(O)/C=C/CC/C=C/CCCCCCCCCCCCC. The molecule has 9 heteroatoms. The topological polar surface area (TPSA) is 108 Å². The van der Waals surface area contributed by atoms with Crippen LogP contribution >= 0.6 is 7.82 Å². The van der Waals surface area contributed by atoms with E-state index in [-0.39, 0.29) is 19.1 Å². The number of carbonyl (C=O) groups excluding carboxylic acids is 1. The van der Waals surface area contributed by atoms with Gasteiger partial charge in [0.05, 0.1) is 39.9 Å². The van der Waals surface area contributed by atoms with Crippen molar-refractivity contribution in [1.82, 2.24) is 5.32 Å². The zero-order chi connectivity index (χ0) is 58.4. The quantitative estimate of drug-likeness (QED) is 0.0272. The number of phosphoric acid groups is 1. The summed E-state index contributed by atoms with van der Waals surface area (Å²) in [5.74, 6) is -0.200. The monoisotopic (exact) mass is 1150 g/mol. The molecule has 474 valence electrons. The van der Waals surface area contributed by atoms with E-state index in [1.807, 2.05) is 27.2 Å². The molecule has 0 aromatic carbocycles. The van der Waals surface area contributed by atoms with Gasteiger partial charge < -0.3 is 28.8 Å². The minimum atomic E-state index is -4.61. The van der Waals surface area contributed by atoms with Crippen LogP contribution in [0.25, 0.3) is 0 Å². The first-order valence-corrected chi connectivity index (χ1v) is 36.8. The lowest BCUT2D eigenvalue weighted by Gasteiger charge is -2.29. The molecule has 0 aliphatic rings. The molecule has 0 radical (unpaired) electrons. The third-order valence-electron chi connectivity index (χ3n) is 16.3. The van der Waals surface area contributed by atoms with Crippen molar-refractivity contribution in [3.63, 3.8) is 0 Å². The molecule has 0 aliphatic heterocycles. The predicted molar refractivity (Wildman–Crippen MR) is 348 cm³/mol. The second-order valence-electron chi connectivity index (χ2n) is 25.6. The number of carbonyl (C=O) groups is 1. The fraction of sp³-hybridized carbons (Fsp3) is 0.901. The molecular formula is C71H139N2O6P. The van der Waals surface area contributed by atoms with Gasteiger partial charge in [0.25, 0.3) is 7.82 Å². The van der Waals surface area contributed by atoms with Gasteiger partial charge in [-0.05, 0) is 57.8 Å². The molecule has 0 saturated carbocycles. The summed E-state index contributed by atoms with van der Waals surface area (Å²) < 4.78 is 23.4. The summed E-state index contributed by atoms with van der Waals surface area (Å²) in [6, 6.07) is -0.902. The zero-order valence-corrected chi connectivity index (χ0v) is 55.2. The van der Waals surface area contributed by atoms with Gasteiger partial charge in [-0.1, -0.05) is 333 Å². The highest BCUT2D eigenvalue weighted by atomic mass is 31.2. The Morgan fingerprint density at radius 1 is 0.425 bits per heavy atom. The Morgan fingerprint density at radius 2 is 0.700 bits per heavy atom. The van der Waals surface area contributed by atoms with Crippen LogP contribution in [0.1, 0.15) is 361 Å². The molecule has 0 rings (SSSR count). The van der Waals surface area contributed by atoms with Crippen LogP contribution in [0.15, 0.2) is 36.5 Å². The molecule has 0 aliphatic carbocycles. The maximum Gasteiger partial charge on any atom is 0.268 e. The van der Waals surface area contributed by atoms with Crippen molar-refractivity contribution in [2.45, 2.75) is 373 Å². The predicted octanol–water partition coefficient (Wildman–Crippen LogP) is 21.8. The van der Waals surface area contributed by atoms with Crippen LogP contribution in [0.4, 0.5) is 0 Å². The number of nitrogens with zero attached hydrogens (tertiary/aromatic N) is 1. The second kappa shape index (κ2) is 62.3. The molecule has 0 heterocycles. The standard InChI is InChI=1S/C71H139N2O6P/c1-6-8-10-12-14-16-18-20-22-24-25-26-27-28-29-30-31-32-33-34-35-36-37-38-39-40-41-42-43-44-45-46-47-49-51-53-55-57-59-61-63-65-71(75)72-69(68-79-80(76,77)78-67-66-73(3,4)5)70(74)64-62-60-58-56-54-52-50-48-23-21-19-17-15-13-11-9-7-2/h24-25,54,56,62,64,69-70,74H,6-23,26-53,55,57-61,63,65-68H2,1-5H3,(H-,72,75,76,77)/b25-24-,56-54+,64-62+. The average Bonchev–Trinajstić information content (AvgIpc) is 3.42. The van der Waals surface area contributed by atoms with E-state index in [0.29, 0.717) is 17.4 Å². The maximum absolute atomic E-state index is 13.0. The summed E-state index contributed by atoms with van der Waals surface area (Å²) in [4.78, 5) is 25.6. The Hall–Kier alpha value is -1.28. The Kier molecular flexibility index (Phi) is 61.3. The Balaban J connectivity index is 3.87. The molecule has 80 heavy (non-hydrogen) atoms. The smallest absolute Gasteiger partial charge is 0.268 e. The summed E-state index contributed by atoms with van der Waals surface area (Å²) >= 11 is 0. The number of quaternary nitrogens is 1. The maximum atomic E-state index is 13.0. The molecule has 0 aromatic rings. The lowest BCUT2D eigenvalue weighted by molar-refractivity contribution is -0.870. The minimum absolute atomic E-state index is 0.00424. The third kappa shape index (κ3) is 64.3. The number of aliphatic hydroxyl groups is 1. The normalized spacial score (nSPS) is 13.8. The highest BCUT2D eigenvalue weighted by Crippen LogP contribution is 2.38. The number of amides is 1. The van der Waals surface area contributed by atoms with E-state index in [4.69, 9.17) is 9.05 Å². The molecule has 2 N–H and O–H groups in total. The number of hydrogen-bond donors (Lipinski definition) is 2. The van der Waals surface area contributed by atoms with Gasteiger partial charge in [0, 0.05) is 6.42 Å². The van der Waals surface area contributed by atoms with Crippen molar-refractivity contribution < 1.29 is 32.9 Å². The van der Waals surface area contributed by atoms with E-state index in [2.05, 4.69) is 43.5 Å². The first-order valence-electron chi connectivity index (χ1n) is 35.4. The van der Waals surface area contributed by atoms with Crippen LogP contribution in [0, 0.1) is 0 Å². The lowest BCUT2D eigenvalue weighted by Crippen LogP contribution is -2.45. The number of hydrogen-bond acceptors (Lipinski definition) is 6. The van der Waals surface area contributed by atoms with Crippen LogP contribution in [-0.4, -0.2) is 68.5 Å². The van der Waals surface area contributed by atoms with E-state index in [1.54, 1.807) is 6.08 Å². The fourth-order valence-corrected chi connectivity index (χ4v) is 11.5. The second-order valence-corrected chi connectivity index (χ2v) is 27.0. The average molecular weight is 1150 g/mol. The van der Waals surface area contributed by atoms with Gasteiger partial charge in [-0.3, -0.25) is 9.36 Å². The first kappa shape index (κ1) is 78.7. The van der Waals surface area contributed by atoms with Crippen LogP contribution in [-0.2, 0) is 18.4 Å². The molecule has 8 nitrogen and oxygen atoms in total. The molecule has 0 fully saturated rings. The number of unbranched alkanes of at least 4 members (excludes halogenated alkanes) is 49. The first-order chi connectivity index (χ1) is 39.0.